The Morgan fingerprint density at radius 2 is 2.08 bits per heavy atom. The Labute approximate surface area is 154 Å². The number of alkyl halides is 3. The number of aromatic nitrogens is 2. The highest BCUT2D eigenvalue weighted by molar-refractivity contribution is 5.95. The average Bonchev–Trinajstić information content (AvgIpc) is 3.08. The van der Waals surface area contributed by atoms with Gasteiger partial charge in [-0.05, 0) is 43.2 Å². The first-order valence-electron chi connectivity index (χ1n) is 7.84. The van der Waals surface area contributed by atoms with Gasteiger partial charge >= 0.3 is 6.18 Å². The highest BCUT2D eigenvalue weighted by atomic mass is 35.5. The summed E-state index contributed by atoms with van der Waals surface area (Å²) in [5, 5.41) is 13.2. The van der Waals surface area contributed by atoms with Crippen LogP contribution in [-0.4, -0.2) is 34.9 Å². The van der Waals surface area contributed by atoms with E-state index in [4.69, 9.17) is 0 Å². The predicted molar refractivity (Wildman–Crippen MR) is 94.0 cm³/mol. The van der Waals surface area contributed by atoms with Crippen LogP contribution in [0.2, 0.25) is 0 Å². The van der Waals surface area contributed by atoms with E-state index < -0.39 is 24.0 Å². The zero-order valence-electron chi connectivity index (χ0n) is 13.9. The molecule has 2 N–H and O–H groups in total. The molecule has 140 valence electrons. The Hall–Kier alpha value is -2.19. The third kappa shape index (κ3) is 4.50. The average molecular weight is 387 g/mol. The molecule has 0 spiro atoms. The molecule has 0 aliphatic carbocycles. The van der Waals surface area contributed by atoms with Gasteiger partial charge in [-0.2, -0.15) is 23.4 Å². The molecule has 1 amide bonds. The van der Waals surface area contributed by atoms with Gasteiger partial charge in [0.05, 0.1) is 17.7 Å². The molecule has 26 heavy (non-hydrogen) atoms. The number of carbonyl (C=O) groups is 1. The van der Waals surface area contributed by atoms with Crippen molar-refractivity contribution in [3.63, 3.8) is 0 Å². The zero-order valence-corrected chi connectivity index (χ0v) is 14.7. The molecular formula is C17H18ClF3N4O. The molecule has 0 radical (unpaired) electrons. The number of nitrogens with one attached hydrogen (secondary N) is 2. The lowest BCUT2D eigenvalue weighted by Crippen LogP contribution is -2.35. The number of hydrogen-bond acceptors (Lipinski definition) is 4. The Kier molecular flexibility index (Phi) is 6.20. The molecule has 5 nitrogen and oxygen atoms in total. The molecule has 2 atom stereocenters. The second-order valence-electron chi connectivity index (χ2n) is 6.06. The molecule has 1 aromatic heterocycles. The number of halogens is 4. The van der Waals surface area contributed by atoms with Crippen LogP contribution in [0.3, 0.4) is 0 Å². The summed E-state index contributed by atoms with van der Waals surface area (Å²) in [5.74, 6) is -1.96. The fourth-order valence-corrected chi connectivity index (χ4v) is 2.84. The largest absolute Gasteiger partial charge is 0.393 e. The van der Waals surface area contributed by atoms with E-state index in [0.717, 1.165) is 11.1 Å². The lowest BCUT2D eigenvalue weighted by atomic mass is 10.0. The van der Waals surface area contributed by atoms with E-state index in [0.29, 0.717) is 11.4 Å². The lowest BCUT2D eigenvalue weighted by molar-refractivity contribution is -0.169. The monoisotopic (exact) mass is 386 g/mol. The standard InChI is InChI=1S/C17H17F3N4O.ClH/c1-10-4-5-12(8-13(10)14-3-2-6-22-24-14)23-16(25)15-7-11(9-21-15)17(18,19)20;/h2-6,8,11,15,21H,7,9H2,1H3,(H,23,25);1H/t11-,15-;/m0./s1. The number of anilines is 1. The third-order valence-corrected chi connectivity index (χ3v) is 4.26. The molecule has 0 saturated carbocycles. The van der Waals surface area contributed by atoms with Crippen molar-refractivity contribution in [1.82, 2.24) is 15.5 Å². The first-order chi connectivity index (χ1) is 11.8. The van der Waals surface area contributed by atoms with Crippen molar-refractivity contribution < 1.29 is 18.0 Å². The molecule has 1 aliphatic heterocycles. The van der Waals surface area contributed by atoms with Gasteiger partial charge in [0.15, 0.2) is 0 Å². The number of hydrogen-bond donors (Lipinski definition) is 2. The van der Waals surface area contributed by atoms with Crippen LogP contribution in [0.5, 0.6) is 0 Å². The van der Waals surface area contributed by atoms with E-state index >= 15 is 0 Å². The van der Waals surface area contributed by atoms with Crippen molar-refractivity contribution in [2.75, 3.05) is 11.9 Å². The molecule has 2 heterocycles. The minimum atomic E-state index is -4.29. The fourth-order valence-electron chi connectivity index (χ4n) is 2.84. The number of benzene rings is 1. The van der Waals surface area contributed by atoms with Crippen LogP contribution in [-0.2, 0) is 4.79 Å². The molecule has 1 aliphatic rings. The summed E-state index contributed by atoms with van der Waals surface area (Å²) in [6, 6.07) is 7.98. The molecule has 0 bridgehead atoms. The number of carbonyl (C=O) groups excluding carboxylic acids is 1. The summed E-state index contributed by atoms with van der Waals surface area (Å²) in [4.78, 5) is 12.3. The minimum absolute atomic E-state index is 0. The van der Waals surface area contributed by atoms with E-state index in [-0.39, 0.29) is 25.4 Å². The van der Waals surface area contributed by atoms with Crippen LogP contribution in [0, 0.1) is 12.8 Å². The highest BCUT2D eigenvalue weighted by Crippen LogP contribution is 2.33. The Bertz CT molecular complexity index is 770. The third-order valence-electron chi connectivity index (χ3n) is 4.26. The number of aryl methyl sites for hydroxylation is 1. The molecular weight excluding hydrogens is 369 g/mol. The van der Waals surface area contributed by atoms with Crippen LogP contribution in [0.15, 0.2) is 36.5 Å². The molecule has 0 unspecified atom stereocenters. The Morgan fingerprint density at radius 1 is 1.31 bits per heavy atom. The van der Waals surface area contributed by atoms with E-state index in [2.05, 4.69) is 20.8 Å². The second kappa shape index (κ2) is 8.01. The van der Waals surface area contributed by atoms with Gasteiger partial charge in [0.25, 0.3) is 0 Å². The van der Waals surface area contributed by atoms with Crippen molar-refractivity contribution in [2.45, 2.75) is 25.6 Å². The topological polar surface area (TPSA) is 66.9 Å². The van der Waals surface area contributed by atoms with E-state index in [1.54, 1.807) is 30.5 Å². The van der Waals surface area contributed by atoms with Gasteiger partial charge in [-0.15, -0.1) is 12.4 Å². The maximum atomic E-state index is 12.7. The number of nitrogens with zero attached hydrogens (tertiary/aromatic N) is 2. The molecule has 1 fully saturated rings. The van der Waals surface area contributed by atoms with Gasteiger partial charge in [-0.25, -0.2) is 0 Å². The second-order valence-corrected chi connectivity index (χ2v) is 6.06. The van der Waals surface area contributed by atoms with Gasteiger partial charge in [-0.3, -0.25) is 4.79 Å². The first kappa shape index (κ1) is 20.1. The molecule has 1 saturated heterocycles. The maximum Gasteiger partial charge on any atom is 0.393 e. The van der Waals surface area contributed by atoms with Crippen LogP contribution in [0.4, 0.5) is 18.9 Å². The highest BCUT2D eigenvalue weighted by Gasteiger charge is 2.45. The number of rotatable bonds is 3. The zero-order chi connectivity index (χ0) is 18.0. The van der Waals surface area contributed by atoms with E-state index in [1.807, 2.05) is 13.0 Å². The summed E-state index contributed by atoms with van der Waals surface area (Å²) in [6.07, 6.45) is -2.98. The van der Waals surface area contributed by atoms with Crippen LogP contribution in [0.1, 0.15) is 12.0 Å². The SMILES string of the molecule is Cc1ccc(NC(=O)[C@@H]2C[C@H](C(F)(F)F)CN2)cc1-c1cccnn1.Cl. The van der Waals surface area contributed by atoms with Gasteiger partial charge in [0.2, 0.25) is 5.91 Å². The lowest BCUT2D eigenvalue weighted by Gasteiger charge is -2.14. The van der Waals surface area contributed by atoms with Gasteiger partial charge in [0, 0.05) is 24.0 Å². The summed E-state index contributed by atoms with van der Waals surface area (Å²) in [6.45, 7) is 1.67. The first-order valence-corrected chi connectivity index (χ1v) is 7.84. The van der Waals surface area contributed by atoms with Gasteiger partial charge in [-0.1, -0.05) is 6.07 Å². The fraction of sp³-hybridized carbons (Fsp3) is 0.353. The molecule has 9 heteroatoms. The molecule has 1 aromatic carbocycles. The predicted octanol–water partition coefficient (Wildman–Crippen LogP) is 3.35. The molecule has 2 aromatic rings. The number of amides is 1. The summed E-state index contributed by atoms with van der Waals surface area (Å²) >= 11 is 0. The van der Waals surface area contributed by atoms with Crippen LogP contribution >= 0.6 is 12.4 Å². The van der Waals surface area contributed by atoms with Crippen molar-refractivity contribution in [3.8, 4) is 11.3 Å². The molecule has 3 rings (SSSR count). The van der Waals surface area contributed by atoms with Gasteiger partial charge in [0.1, 0.15) is 0 Å². The van der Waals surface area contributed by atoms with Gasteiger partial charge < -0.3 is 10.6 Å². The smallest absolute Gasteiger partial charge is 0.325 e. The maximum absolute atomic E-state index is 12.7. The van der Waals surface area contributed by atoms with Crippen molar-refractivity contribution in [1.29, 1.82) is 0 Å². The summed E-state index contributed by atoms with van der Waals surface area (Å²) in [5.41, 5.74) is 2.92. The van der Waals surface area contributed by atoms with Crippen molar-refractivity contribution in [3.05, 3.63) is 42.1 Å². The Balaban J connectivity index is 0.00000243. The van der Waals surface area contributed by atoms with Crippen molar-refractivity contribution in [2.24, 2.45) is 5.92 Å². The quantitative estimate of drug-likeness (QED) is 0.849. The Morgan fingerprint density at radius 3 is 2.69 bits per heavy atom. The summed E-state index contributed by atoms with van der Waals surface area (Å²) < 4.78 is 38.2. The van der Waals surface area contributed by atoms with Crippen molar-refractivity contribution >= 4 is 24.0 Å². The summed E-state index contributed by atoms with van der Waals surface area (Å²) in [7, 11) is 0. The normalized spacial score (nSPS) is 19.7. The minimum Gasteiger partial charge on any atom is -0.325 e. The van der Waals surface area contributed by atoms with E-state index in [9.17, 15) is 18.0 Å². The van der Waals surface area contributed by atoms with Crippen LogP contribution < -0.4 is 10.6 Å². The van der Waals surface area contributed by atoms with Crippen LogP contribution in [0.25, 0.3) is 11.3 Å². The van der Waals surface area contributed by atoms with E-state index in [1.165, 1.54) is 0 Å².